The molecule has 4 nitrogen and oxygen atoms in total. The second-order valence-corrected chi connectivity index (χ2v) is 4.95. The van der Waals surface area contributed by atoms with Crippen LogP contribution in [0.25, 0.3) is 0 Å². The Labute approximate surface area is 103 Å². The molecular formula is C13H23NO3. The molecule has 0 atom stereocenters. The van der Waals surface area contributed by atoms with Crippen LogP contribution in [0.3, 0.4) is 0 Å². The predicted octanol–water partition coefficient (Wildman–Crippen LogP) is 2.33. The Balaban J connectivity index is 1.94. The maximum Gasteiger partial charge on any atom is 0.303 e. The summed E-state index contributed by atoms with van der Waals surface area (Å²) >= 11 is 0. The fourth-order valence-electron chi connectivity index (χ4n) is 2.04. The van der Waals surface area contributed by atoms with Gasteiger partial charge < -0.3 is 10.4 Å². The van der Waals surface area contributed by atoms with Crippen molar-refractivity contribution >= 4 is 11.9 Å². The number of carboxylic acids is 1. The molecule has 1 aliphatic rings. The number of hydrogen-bond donors (Lipinski definition) is 2. The summed E-state index contributed by atoms with van der Waals surface area (Å²) < 4.78 is 0. The van der Waals surface area contributed by atoms with Crippen molar-refractivity contribution in [1.82, 2.24) is 5.32 Å². The van der Waals surface area contributed by atoms with E-state index in [9.17, 15) is 9.59 Å². The van der Waals surface area contributed by atoms with Gasteiger partial charge in [-0.2, -0.15) is 0 Å². The molecule has 2 N–H and O–H groups in total. The second kappa shape index (κ2) is 6.62. The Bertz CT molecular complexity index is 272. The van der Waals surface area contributed by atoms with Gasteiger partial charge >= 0.3 is 5.97 Å². The number of unbranched alkanes of at least 4 members (excludes halogenated alkanes) is 3. The number of hydrogen-bond acceptors (Lipinski definition) is 2. The Hall–Kier alpha value is -1.06. The molecule has 98 valence electrons. The first-order chi connectivity index (χ1) is 8.10. The van der Waals surface area contributed by atoms with Gasteiger partial charge in [-0.25, -0.2) is 0 Å². The van der Waals surface area contributed by atoms with Gasteiger partial charge in [-0.15, -0.1) is 0 Å². The van der Waals surface area contributed by atoms with Gasteiger partial charge in [0, 0.05) is 18.4 Å². The molecule has 1 fully saturated rings. The predicted molar refractivity (Wildman–Crippen MR) is 65.7 cm³/mol. The summed E-state index contributed by atoms with van der Waals surface area (Å²) in [5.41, 5.74) is -0.0384. The van der Waals surface area contributed by atoms with Gasteiger partial charge in [-0.3, -0.25) is 9.59 Å². The summed E-state index contributed by atoms with van der Waals surface area (Å²) in [5, 5.41) is 11.4. The molecule has 0 aromatic rings. The summed E-state index contributed by atoms with van der Waals surface area (Å²) in [6, 6.07) is 0. The van der Waals surface area contributed by atoms with Crippen molar-refractivity contribution in [3.05, 3.63) is 0 Å². The topological polar surface area (TPSA) is 66.4 Å². The molecule has 0 saturated heterocycles. The van der Waals surface area contributed by atoms with Gasteiger partial charge in [-0.05, 0) is 32.1 Å². The number of carbonyl (C=O) groups is 2. The van der Waals surface area contributed by atoms with Gasteiger partial charge in [0.25, 0.3) is 0 Å². The quantitative estimate of drug-likeness (QED) is 0.609. The van der Waals surface area contributed by atoms with Crippen LogP contribution in [0.4, 0.5) is 0 Å². The Morgan fingerprint density at radius 1 is 1.18 bits per heavy atom. The van der Waals surface area contributed by atoms with Crippen LogP contribution in [0, 0.1) is 5.41 Å². The molecule has 4 heteroatoms. The maximum atomic E-state index is 11.7. The van der Waals surface area contributed by atoms with E-state index in [1.807, 2.05) is 0 Å². The van der Waals surface area contributed by atoms with Crippen LogP contribution in [0.15, 0.2) is 0 Å². The number of rotatable bonds is 9. The largest absolute Gasteiger partial charge is 0.481 e. The van der Waals surface area contributed by atoms with Crippen molar-refractivity contribution < 1.29 is 14.7 Å². The third-order valence-corrected chi connectivity index (χ3v) is 3.61. The highest BCUT2D eigenvalue weighted by Crippen LogP contribution is 2.48. The first-order valence-corrected chi connectivity index (χ1v) is 6.61. The molecule has 1 amide bonds. The molecule has 17 heavy (non-hydrogen) atoms. The van der Waals surface area contributed by atoms with Gasteiger partial charge in [0.2, 0.25) is 5.91 Å². The highest BCUT2D eigenvalue weighted by molar-refractivity contribution is 5.85. The van der Waals surface area contributed by atoms with Crippen molar-refractivity contribution in [1.29, 1.82) is 0 Å². The Kier molecular flexibility index (Phi) is 5.45. The van der Waals surface area contributed by atoms with E-state index in [-0.39, 0.29) is 17.7 Å². The summed E-state index contributed by atoms with van der Waals surface area (Å²) in [4.78, 5) is 22.0. The lowest BCUT2D eigenvalue weighted by atomic mass is 10.0. The summed E-state index contributed by atoms with van der Waals surface area (Å²) in [6.45, 7) is 2.80. The SMILES string of the molecule is CCC1(C(=O)NCCCCCCC(=O)O)CC1. The van der Waals surface area contributed by atoms with Crippen molar-refractivity contribution in [2.75, 3.05) is 6.54 Å². The first-order valence-electron chi connectivity index (χ1n) is 6.61. The van der Waals surface area contributed by atoms with Gasteiger partial charge in [0.15, 0.2) is 0 Å². The number of nitrogens with one attached hydrogen (secondary N) is 1. The zero-order valence-corrected chi connectivity index (χ0v) is 10.6. The molecule has 1 aliphatic carbocycles. The molecule has 0 radical (unpaired) electrons. The Morgan fingerprint density at radius 2 is 1.82 bits per heavy atom. The molecule has 0 aromatic heterocycles. The van der Waals surface area contributed by atoms with E-state index in [1.54, 1.807) is 0 Å². The lowest BCUT2D eigenvalue weighted by Gasteiger charge is -2.12. The normalized spacial score (nSPS) is 16.5. The minimum absolute atomic E-state index is 0.0384. The van der Waals surface area contributed by atoms with Gasteiger partial charge in [0.05, 0.1) is 0 Å². The van der Waals surface area contributed by atoms with Crippen LogP contribution in [0.2, 0.25) is 0 Å². The molecule has 1 rings (SSSR count). The number of carbonyl (C=O) groups excluding carboxylic acids is 1. The number of carboxylic acid groups (broad SMARTS) is 1. The van der Waals surface area contributed by atoms with Crippen LogP contribution in [-0.4, -0.2) is 23.5 Å². The molecule has 1 saturated carbocycles. The van der Waals surface area contributed by atoms with Crippen molar-refractivity contribution in [2.24, 2.45) is 5.41 Å². The van der Waals surface area contributed by atoms with E-state index in [0.29, 0.717) is 0 Å². The standard InChI is InChI=1S/C13H23NO3/c1-2-13(8-9-13)12(17)14-10-6-4-3-5-7-11(15)16/h2-10H2,1H3,(H,14,17)(H,15,16). The number of aliphatic carboxylic acids is 1. The van der Waals surface area contributed by atoms with Crippen LogP contribution >= 0.6 is 0 Å². The van der Waals surface area contributed by atoms with Crippen molar-refractivity contribution in [2.45, 2.75) is 58.3 Å². The zero-order valence-electron chi connectivity index (χ0n) is 10.6. The third-order valence-electron chi connectivity index (χ3n) is 3.61. The van der Waals surface area contributed by atoms with E-state index >= 15 is 0 Å². The molecule has 0 heterocycles. The smallest absolute Gasteiger partial charge is 0.303 e. The average Bonchev–Trinajstić information content (AvgIpc) is 3.08. The van der Waals surface area contributed by atoms with Gasteiger partial charge in [0.1, 0.15) is 0 Å². The Morgan fingerprint density at radius 3 is 2.35 bits per heavy atom. The highest BCUT2D eigenvalue weighted by Gasteiger charge is 2.47. The molecular weight excluding hydrogens is 218 g/mol. The first kappa shape index (κ1) is 14.0. The fraction of sp³-hybridized carbons (Fsp3) is 0.846. The van der Waals surface area contributed by atoms with Crippen LogP contribution in [-0.2, 0) is 9.59 Å². The van der Waals surface area contributed by atoms with E-state index in [2.05, 4.69) is 12.2 Å². The van der Waals surface area contributed by atoms with Crippen molar-refractivity contribution in [3.63, 3.8) is 0 Å². The maximum absolute atomic E-state index is 11.7. The second-order valence-electron chi connectivity index (χ2n) is 4.95. The monoisotopic (exact) mass is 241 g/mol. The lowest BCUT2D eigenvalue weighted by molar-refractivity contribution is -0.137. The van der Waals surface area contributed by atoms with Crippen molar-refractivity contribution in [3.8, 4) is 0 Å². The molecule has 0 aliphatic heterocycles. The number of amides is 1. The van der Waals surface area contributed by atoms with E-state index < -0.39 is 5.97 Å². The summed E-state index contributed by atoms with van der Waals surface area (Å²) in [7, 11) is 0. The lowest BCUT2D eigenvalue weighted by Crippen LogP contribution is -2.32. The zero-order chi connectivity index (χ0) is 12.7. The highest BCUT2D eigenvalue weighted by atomic mass is 16.4. The van der Waals surface area contributed by atoms with E-state index in [0.717, 1.165) is 51.5 Å². The summed E-state index contributed by atoms with van der Waals surface area (Å²) in [6.07, 6.45) is 6.88. The van der Waals surface area contributed by atoms with Crippen LogP contribution in [0.1, 0.15) is 58.3 Å². The molecule has 0 unspecified atom stereocenters. The van der Waals surface area contributed by atoms with E-state index in [4.69, 9.17) is 5.11 Å². The minimum Gasteiger partial charge on any atom is -0.481 e. The fourth-order valence-corrected chi connectivity index (χ4v) is 2.04. The average molecular weight is 241 g/mol. The molecule has 0 aromatic carbocycles. The van der Waals surface area contributed by atoms with Crippen LogP contribution < -0.4 is 5.32 Å². The van der Waals surface area contributed by atoms with Crippen LogP contribution in [0.5, 0.6) is 0 Å². The van der Waals surface area contributed by atoms with E-state index in [1.165, 1.54) is 0 Å². The third kappa shape index (κ3) is 4.75. The molecule has 0 bridgehead atoms. The minimum atomic E-state index is -0.725. The summed E-state index contributed by atoms with van der Waals surface area (Å²) in [5.74, 6) is -0.512. The molecule has 0 spiro atoms. The van der Waals surface area contributed by atoms with Gasteiger partial charge in [-0.1, -0.05) is 19.8 Å².